The van der Waals surface area contributed by atoms with Crippen LogP contribution >= 0.6 is 0 Å². The van der Waals surface area contributed by atoms with Gasteiger partial charge >= 0.3 is 0 Å². The fraction of sp³-hybridized carbons (Fsp3) is 1.00. The molecule has 3 atom stereocenters. The molecule has 4 nitrogen and oxygen atoms in total. The summed E-state index contributed by atoms with van der Waals surface area (Å²) in [6.07, 6.45) is 1.53. The molecular formula is C11H22N2O2. The van der Waals surface area contributed by atoms with E-state index in [-0.39, 0.29) is 0 Å². The predicted molar refractivity (Wildman–Crippen MR) is 59.1 cm³/mol. The Labute approximate surface area is 91.9 Å². The second kappa shape index (κ2) is 5.25. The van der Waals surface area contributed by atoms with Crippen LogP contribution in [0.5, 0.6) is 0 Å². The minimum Gasteiger partial charge on any atom is -0.378 e. The Hall–Kier alpha value is -0.160. The van der Waals surface area contributed by atoms with Crippen molar-refractivity contribution in [2.75, 3.05) is 40.0 Å². The highest BCUT2D eigenvalue weighted by molar-refractivity contribution is 4.83. The van der Waals surface area contributed by atoms with Crippen LogP contribution < -0.4 is 5.32 Å². The molecule has 2 fully saturated rings. The Morgan fingerprint density at radius 1 is 1.40 bits per heavy atom. The Kier molecular flexibility index (Phi) is 3.97. The minimum absolute atomic E-state index is 0.375. The lowest BCUT2D eigenvalue weighted by molar-refractivity contribution is 0.0457. The summed E-state index contributed by atoms with van der Waals surface area (Å²) < 4.78 is 11.0. The normalized spacial score (nSPS) is 37.4. The fourth-order valence-corrected chi connectivity index (χ4v) is 2.52. The SMILES string of the molecule is CC1OCCC1N(C)CC1COCCN1. The van der Waals surface area contributed by atoms with Crippen LogP contribution in [0.3, 0.4) is 0 Å². The van der Waals surface area contributed by atoms with E-state index in [1.165, 1.54) is 0 Å². The highest BCUT2D eigenvalue weighted by atomic mass is 16.5. The first-order chi connectivity index (χ1) is 7.27. The van der Waals surface area contributed by atoms with Gasteiger partial charge in [-0.3, -0.25) is 4.90 Å². The molecule has 1 N–H and O–H groups in total. The van der Waals surface area contributed by atoms with Crippen molar-refractivity contribution in [3.8, 4) is 0 Å². The molecule has 0 aliphatic carbocycles. The molecule has 0 saturated carbocycles. The lowest BCUT2D eigenvalue weighted by atomic mass is 10.1. The Balaban J connectivity index is 1.77. The number of hydrogen-bond acceptors (Lipinski definition) is 4. The van der Waals surface area contributed by atoms with Crippen LogP contribution in [-0.2, 0) is 9.47 Å². The van der Waals surface area contributed by atoms with E-state index >= 15 is 0 Å². The van der Waals surface area contributed by atoms with Crippen molar-refractivity contribution < 1.29 is 9.47 Å². The van der Waals surface area contributed by atoms with Crippen molar-refractivity contribution in [1.29, 1.82) is 0 Å². The number of likely N-dealkylation sites (N-methyl/N-ethyl adjacent to an activating group) is 1. The molecule has 0 aromatic heterocycles. The average Bonchev–Trinajstić information content (AvgIpc) is 2.66. The number of morpholine rings is 1. The van der Waals surface area contributed by atoms with Gasteiger partial charge in [-0.2, -0.15) is 0 Å². The van der Waals surface area contributed by atoms with Crippen LogP contribution in [-0.4, -0.2) is 63.0 Å². The monoisotopic (exact) mass is 214 g/mol. The third kappa shape index (κ3) is 2.91. The molecular weight excluding hydrogens is 192 g/mol. The quantitative estimate of drug-likeness (QED) is 0.721. The van der Waals surface area contributed by atoms with Gasteiger partial charge in [-0.15, -0.1) is 0 Å². The standard InChI is InChI=1S/C11H22N2O2/c1-9-11(3-5-15-9)13(2)7-10-8-14-6-4-12-10/h9-12H,3-8H2,1-2H3. The molecule has 0 bridgehead atoms. The molecule has 2 heterocycles. The van der Waals surface area contributed by atoms with Crippen molar-refractivity contribution in [2.24, 2.45) is 0 Å². The number of ether oxygens (including phenoxy) is 2. The lowest BCUT2D eigenvalue weighted by Gasteiger charge is -2.32. The van der Waals surface area contributed by atoms with Gasteiger partial charge in [0.2, 0.25) is 0 Å². The van der Waals surface area contributed by atoms with E-state index < -0.39 is 0 Å². The Morgan fingerprint density at radius 3 is 2.87 bits per heavy atom. The fourth-order valence-electron chi connectivity index (χ4n) is 2.52. The maximum atomic E-state index is 5.58. The van der Waals surface area contributed by atoms with Crippen LogP contribution in [0, 0.1) is 0 Å². The molecule has 2 rings (SSSR count). The third-order valence-electron chi connectivity index (χ3n) is 3.41. The van der Waals surface area contributed by atoms with E-state index in [1.54, 1.807) is 0 Å². The number of rotatable bonds is 3. The highest BCUT2D eigenvalue weighted by Crippen LogP contribution is 2.18. The van der Waals surface area contributed by atoms with Gasteiger partial charge in [-0.05, 0) is 20.4 Å². The van der Waals surface area contributed by atoms with Crippen LogP contribution in [0.25, 0.3) is 0 Å². The van der Waals surface area contributed by atoms with E-state index in [2.05, 4.69) is 24.2 Å². The molecule has 0 aromatic rings. The first kappa shape index (κ1) is 11.3. The summed E-state index contributed by atoms with van der Waals surface area (Å²) in [5.41, 5.74) is 0. The summed E-state index contributed by atoms with van der Waals surface area (Å²) in [4.78, 5) is 2.41. The maximum Gasteiger partial charge on any atom is 0.0702 e. The number of nitrogens with one attached hydrogen (secondary N) is 1. The topological polar surface area (TPSA) is 33.7 Å². The molecule has 88 valence electrons. The summed E-state index contributed by atoms with van der Waals surface area (Å²) in [5, 5.41) is 3.48. The van der Waals surface area contributed by atoms with Crippen LogP contribution in [0.15, 0.2) is 0 Å². The third-order valence-corrected chi connectivity index (χ3v) is 3.41. The van der Waals surface area contributed by atoms with E-state index in [1.807, 2.05) is 0 Å². The summed E-state index contributed by atoms with van der Waals surface area (Å²) in [5.74, 6) is 0. The first-order valence-corrected chi connectivity index (χ1v) is 5.90. The predicted octanol–water partition coefficient (Wildman–Crippen LogP) is 0.0840. The van der Waals surface area contributed by atoms with Gasteiger partial charge in [0.05, 0.1) is 19.3 Å². The van der Waals surface area contributed by atoms with Crippen LogP contribution in [0.4, 0.5) is 0 Å². The molecule has 4 heteroatoms. The van der Waals surface area contributed by atoms with Crippen molar-refractivity contribution in [1.82, 2.24) is 10.2 Å². The van der Waals surface area contributed by atoms with Crippen LogP contribution in [0.2, 0.25) is 0 Å². The molecule has 0 amide bonds. The summed E-state index contributed by atoms with van der Waals surface area (Å²) in [6, 6.07) is 1.06. The van der Waals surface area contributed by atoms with Crippen molar-refractivity contribution >= 4 is 0 Å². The van der Waals surface area contributed by atoms with Gasteiger partial charge in [0.25, 0.3) is 0 Å². The molecule has 15 heavy (non-hydrogen) atoms. The zero-order valence-corrected chi connectivity index (χ0v) is 9.74. The van der Waals surface area contributed by atoms with E-state index in [0.717, 1.165) is 39.3 Å². The molecule has 0 aromatic carbocycles. The van der Waals surface area contributed by atoms with Gasteiger partial charge in [0.15, 0.2) is 0 Å². The molecule has 0 spiro atoms. The van der Waals surface area contributed by atoms with Gasteiger partial charge in [-0.25, -0.2) is 0 Å². The zero-order chi connectivity index (χ0) is 10.7. The van der Waals surface area contributed by atoms with E-state index in [4.69, 9.17) is 9.47 Å². The second-order valence-electron chi connectivity index (χ2n) is 4.60. The van der Waals surface area contributed by atoms with Gasteiger partial charge in [0.1, 0.15) is 0 Å². The largest absolute Gasteiger partial charge is 0.378 e. The highest BCUT2D eigenvalue weighted by Gasteiger charge is 2.29. The van der Waals surface area contributed by atoms with Gasteiger partial charge < -0.3 is 14.8 Å². The maximum absolute atomic E-state index is 5.58. The van der Waals surface area contributed by atoms with Crippen molar-refractivity contribution in [3.05, 3.63) is 0 Å². The van der Waals surface area contributed by atoms with Crippen molar-refractivity contribution in [2.45, 2.75) is 31.5 Å². The Bertz CT molecular complexity index is 195. The zero-order valence-electron chi connectivity index (χ0n) is 9.74. The van der Waals surface area contributed by atoms with Crippen LogP contribution in [0.1, 0.15) is 13.3 Å². The molecule has 2 saturated heterocycles. The first-order valence-electron chi connectivity index (χ1n) is 5.90. The average molecular weight is 214 g/mol. The summed E-state index contributed by atoms with van der Waals surface area (Å²) in [7, 11) is 2.19. The minimum atomic E-state index is 0.375. The smallest absolute Gasteiger partial charge is 0.0702 e. The molecule has 2 aliphatic heterocycles. The van der Waals surface area contributed by atoms with Crippen molar-refractivity contribution in [3.63, 3.8) is 0 Å². The summed E-state index contributed by atoms with van der Waals surface area (Å²) >= 11 is 0. The van der Waals surface area contributed by atoms with E-state index in [0.29, 0.717) is 18.2 Å². The number of nitrogens with zero attached hydrogens (tertiary/aromatic N) is 1. The molecule has 3 unspecified atom stereocenters. The second-order valence-corrected chi connectivity index (χ2v) is 4.60. The number of hydrogen-bond donors (Lipinski definition) is 1. The molecule has 0 radical (unpaired) electrons. The lowest BCUT2D eigenvalue weighted by Crippen LogP contribution is -2.50. The summed E-state index contributed by atoms with van der Waals surface area (Å²) in [6.45, 7) is 6.80. The molecule has 2 aliphatic rings. The Morgan fingerprint density at radius 2 is 2.27 bits per heavy atom. The van der Waals surface area contributed by atoms with E-state index in [9.17, 15) is 0 Å². The van der Waals surface area contributed by atoms with Gasteiger partial charge in [0, 0.05) is 31.8 Å². The van der Waals surface area contributed by atoms with Gasteiger partial charge in [-0.1, -0.05) is 0 Å².